The van der Waals surface area contributed by atoms with Gasteiger partial charge in [-0.2, -0.15) is 0 Å². The molecular formula is C15H19BrFNO. The molecule has 1 fully saturated rings. The maximum Gasteiger partial charge on any atom is 0.166 e. The topological polar surface area (TPSA) is 43.1 Å². The molecule has 19 heavy (non-hydrogen) atoms. The summed E-state index contributed by atoms with van der Waals surface area (Å²) in [4.78, 5) is 12.3. The van der Waals surface area contributed by atoms with Crippen molar-refractivity contribution in [3.05, 3.63) is 34.1 Å². The van der Waals surface area contributed by atoms with Gasteiger partial charge in [-0.15, -0.1) is 0 Å². The van der Waals surface area contributed by atoms with E-state index in [0.717, 1.165) is 30.2 Å². The molecule has 1 saturated carbocycles. The third-order valence-electron chi connectivity index (χ3n) is 4.11. The fourth-order valence-electron chi connectivity index (χ4n) is 2.90. The van der Waals surface area contributed by atoms with Crippen molar-refractivity contribution in [1.82, 2.24) is 0 Å². The van der Waals surface area contributed by atoms with Crippen LogP contribution >= 0.6 is 15.9 Å². The van der Waals surface area contributed by atoms with E-state index in [9.17, 15) is 9.18 Å². The predicted molar refractivity (Wildman–Crippen MR) is 77.6 cm³/mol. The average molecular weight is 328 g/mol. The predicted octanol–water partition coefficient (Wildman–Crippen LogP) is 4.07. The van der Waals surface area contributed by atoms with Gasteiger partial charge in [0.05, 0.1) is 5.56 Å². The molecule has 0 atom stereocenters. The molecule has 1 aromatic carbocycles. The second kappa shape index (κ2) is 6.14. The van der Waals surface area contributed by atoms with E-state index < -0.39 is 5.82 Å². The van der Waals surface area contributed by atoms with Gasteiger partial charge in [-0.3, -0.25) is 4.79 Å². The van der Waals surface area contributed by atoms with Crippen LogP contribution in [0.1, 0.15) is 48.9 Å². The van der Waals surface area contributed by atoms with Gasteiger partial charge in [-0.05, 0) is 43.0 Å². The molecule has 0 spiro atoms. The zero-order valence-corrected chi connectivity index (χ0v) is 12.5. The maximum atomic E-state index is 13.7. The molecule has 0 heterocycles. The van der Waals surface area contributed by atoms with Crippen molar-refractivity contribution >= 4 is 21.7 Å². The van der Waals surface area contributed by atoms with Crippen LogP contribution in [0.15, 0.2) is 22.7 Å². The molecule has 0 radical (unpaired) electrons. The quantitative estimate of drug-likeness (QED) is 0.847. The summed E-state index contributed by atoms with van der Waals surface area (Å²) in [7, 11) is 0. The van der Waals surface area contributed by atoms with Crippen LogP contribution in [0.4, 0.5) is 4.39 Å². The van der Waals surface area contributed by atoms with Crippen LogP contribution in [0, 0.1) is 11.2 Å². The van der Waals surface area contributed by atoms with E-state index >= 15 is 0 Å². The first-order valence-electron chi connectivity index (χ1n) is 6.75. The van der Waals surface area contributed by atoms with Gasteiger partial charge < -0.3 is 5.73 Å². The SMILES string of the molecule is NCC1(CC(=O)c2cc(Br)ccc2F)CCCCC1. The normalized spacial score (nSPS) is 18.3. The Bertz CT molecular complexity index is 469. The van der Waals surface area contributed by atoms with Gasteiger partial charge in [0.2, 0.25) is 0 Å². The fourth-order valence-corrected chi connectivity index (χ4v) is 3.26. The summed E-state index contributed by atoms with van der Waals surface area (Å²) in [5, 5.41) is 0. The van der Waals surface area contributed by atoms with E-state index in [-0.39, 0.29) is 16.8 Å². The van der Waals surface area contributed by atoms with Gasteiger partial charge in [0.25, 0.3) is 0 Å². The highest BCUT2D eigenvalue weighted by atomic mass is 79.9. The van der Waals surface area contributed by atoms with Crippen LogP contribution < -0.4 is 5.73 Å². The number of ketones is 1. The monoisotopic (exact) mass is 327 g/mol. The Labute approximate surface area is 121 Å². The number of hydrogen-bond donors (Lipinski definition) is 1. The number of halogens is 2. The average Bonchev–Trinajstić information content (AvgIpc) is 2.42. The highest BCUT2D eigenvalue weighted by Gasteiger charge is 2.33. The third-order valence-corrected chi connectivity index (χ3v) is 4.60. The number of hydrogen-bond acceptors (Lipinski definition) is 2. The molecule has 104 valence electrons. The minimum absolute atomic E-state index is 0.121. The van der Waals surface area contributed by atoms with E-state index in [0.29, 0.717) is 13.0 Å². The Morgan fingerprint density at radius 3 is 2.63 bits per heavy atom. The summed E-state index contributed by atoms with van der Waals surface area (Å²) >= 11 is 3.28. The van der Waals surface area contributed by atoms with Crippen LogP contribution in [-0.2, 0) is 0 Å². The largest absolute Gasteiger partial charge is 0.330 e. The van der Waals surface area contributed by atoms with Gasteiger partial charge in [-0.1, -0.05) is 35.2 Å². The van der Waals surface area contributed by atoms with Crippen molar-refractivity contribution in [1.29, 1.82) is 0 Å². The van der Waals surface area contributed by atoms with Crippen LogP contribution in [0.2, 0.25) is 0 Å². The number of Topliss-reactive ketones (excluding diaryl/α,β-unsaturated/α-hetero) is 1. The Morgan fingerprint density at radius 2 is 2.00 bits per heavy atom. The Balaban J connectivity index is 2.17. The molecule has 1 aliphatic rings. The first-order chi connectivity index (χ1) is 9.06. The summed E-state index contributed by atoms with van der Waals surface area (Å²) in [6.45, 7) is 0.508. The molecule has 0 aliphatic heterocycles. The number of carbonyl (C=O) groups is 1. The summed E-state index contributed by atoms with van der Waals surface area (Å²) in [5.41, 5.74) is 5.93. The lowest BCUT2D eigenvalue weighted by molar-refractivity contribution is 0.0864. The van der Waals surface area contributed by atoms with Crippen LogP contribution in [0.3, 0.4) is 0 Å². The molecule has 0 unspecified atom stereocenters. The van der Waals surface area contributed by atoms with E-state index in [1.807, 2.05) is 0 Å². The molecule has 1 aromatic rings. The molecule has 2 N–H and O–H groups in total. The van der Waals surface area contributed by atoms with Gasteiger partial charge in [0.15, 0.2) is 5.78 Å². The molecule has 4 heteroatoms. The van der Waals surface area contributed by atoms with E-state index in [1.54, 1.807) is 12.1 Å². The van der Waals surface area contributed by atoms with Crippen LogP contribution in [0.5, 0.6) is 0 Å². The van der Waals surface area contributed by atoms with Crippen LogP contribution in [-0.4, -0.2) is 12.3 Å². The minimum atomic E-state index is -0.448. The van der Waals surface area contributed by atoms with Crippen molar-refractivity contribution in [3.8, 4) is 0 Å². The fraction of sp³-hybridized carbons (Fsp3) is 0.533. The van der Waals surface area contributed by atoms with Gasteiger partial charge in [0.1, 0.15) is 5.82 Å². The number of rotatable bonds is 4. The third kappa shape index (κ3) is 3.42. The molecule has 2 nitrogen and oxygen atoms in total. The number of nitrogens with two attached hydrogens (primary N) is 1. The van der Waals surface area contributed by atoms with Crippen molar-refractivity contribution in [2.45, 2.75) is 38.5 Å². The lowest BCUT2D eigenvalue weighted by atomic mass is 9.70. The van der Waals surface area contributed by atoms with E-state index in [1.165, 1.54) is 12.5 Å². The summed E-state index contributed by atoms with van der Waals surface area (Å²) in [6, 6.07) is 4.49. The standard InChI is InChI=1S/C15H19BrFNO/c16-11-4-5-13(17)12(8-11)14(19)9-15(10-18)6-2-1-3-7-15/h4-5,8H,1-3,6-7,9-10,18H2. The molecule has 0 bridgehead atoms. The highest BCUT2D eigenvalue weighted by molar-refractivity contribution is 9.10. The van der Waals surface area contributed by atoms with Crippen molar-refractivity contribution in [3.63, 3.8) is 0 Å². The second-order valence-corrected chi connectivity index (χ2v) is 6.40. The lowest BCUT2D eigenvalue weighted by Gasteiger charge is -2.35. The molecule has 0 saturated heterocycles. The van der Waals surface area contributed by atoms with E-state index in [2.05, 4.69) is 15.9 Å². The first kappa shape index (κ1) is 14.7. The van der Waals surface area contributed by atoms with Gasteiger partial charge in [-0.25, -0.2) is 4.39 Å². The lowest BCUT2D eigenvalue weighted by Crippen LogP contribution is -2.35. The van der Waals surface area contributed by atoms with Gasteiger partial charge in [0, 0.05) is 10.9 Å². The zero-order valence-electron chi connectivity index (χ0n) is 10.9. The molecule has 0 amide bonds. The zero-order chi connectivity index (χ0) is 13.9. The van der Waals surface area contributed by atoms with Gasteiger partial charge >= 0.3 is 0 Å². The maximum absolute atomic E-state index is 13.7. The van der Waals surface area contributed by atoms with Crippen molar-refractivity contribution in [2.75, 3.05) is 6.54 Å². The van der Waals surface area contributed by atoms with E-state index in [4.69, 9.17) is 5.73 Å². The molecular weight excluding hydrogens is 309 g/mol. The smallest absolute Gasteiger partial charge is 0.166 e. The minimum Gasteiger partial charge on any atom is -0.330 e. The first-order valence-corrected chi connectivity index (χ1v) is 7.54. The molecule has 1 aliphatic carbocycles. The van der Waals surface area contributed by atoms with Crippen LogP contribution in [0.25, 0.3) is 0 Å². The van der Waals surface area contributed by atoms with Crippen molar-refractivity contribution in [2.24, 2.45) is 11.1 Å². The molecule has 0 aromatic heterocycles. The number of benzene rings is 1. The Morgan fingerprint density at radius 1 is 1.32 bits per heavy atom. The number of carbonyl (C=O) groups excluding carboxylic acids is 1. The van der Waals surface area contributed by atoms with Crippen molar-refractivity contribution < 1.29 is 9.18 Å². The summed E-state index contributed by atoms with van der Waals surface area (Å²) in [5.74, 6) is -0.581. The summed E-state index contributed by atoms with van der Waals surface area (Å²) in [6.07, 6.45) is 5.75. The Kier molecular flexibility index (Phi) is 4.74. The molecule has 2 rings (SSSR count). The summed E-state index contributed by atoms with van der Waals surface area (Å²) < 4.78 is 14.5. The second-order valence-electron chi connectivity index (χ2n) is 5.49. The highest BCUT2D eigenvalue weighted by Crippen LogP contribution is 2.39. The Hall–Kier alpha value is -0.740.